The van der Waals surface area contributed by atoms with Crippen molar-refractivity contribution in [2.45, 2.75) is 0 Å². The van der Waals surface area contributed by atoms with Gasteiger partial charge in [0.1, 0.15) is 0 Å². The molecule has 0 amide bonds. The van der Waals surface area contributed by atoms with E-state index >= 15 is 0 Å². The van der Waals surface area contributed by atoms with E-state index in [2.05, 4.69) is 60.2 Å². The van der Waals surface area contributed by atoms with Gasteiger partial charge in [0.05, 0.1) is 0 Å². The number of hydrogen-bond acceptors (Lipinski definition) is 0. The SMILES string of the molecule is CP(P(P)PP)P(P(P)P)P(P)P. The molecule has 9 unspecified atom stereocenters. The van der Waals surface area contributed by atoms with Gasteiger partial charge in [-0.25, -0.2) is 0 Å². The molecular formula is CH16P12. The lowest BCUT2D eigenvalue weighted by molar-refractivity contribution is 2.50. The Hall–Kier alpha value is 5.16. The first-order valence-electron chi connectivity index (χ1n) is 3.05. The Labute approximate surface area is 103 Å². The third-order valence-electron chi connectivity index (χ3n) is 1.12. The van der Waals surface area contributed by atoms with Gasteiger partial charge in [0.15, 0.2) is 0 Å². The smallest absolute Gasteiger partial charge is 0.0105 e. The molecule has 12 heteroatoms. The minimum Gasteiger partial charge on any atom is -0.109 e. The van der Waals surface area contributed by atoms with E-state index in [0.717, 1.165) is 7.96 Å². The van der Waals surface area contributed by atoms with Gasteiger partial charge >= 0.3 is 0 Å². The number of hydrogen-bond donors (Lipinski definition) is 0. The lowest BCUT2D eigenvalue weighted by atomic mass is 12.0. The molecule has 0 aliphatic rings. The topological polar surface area (TPSA) is 0 Å². The Morgan fingerprint density at radius 3 is 1.54 bits per heavy atom. The standard InChI is InChI=1S/CH16P12/c1-9(12(7)8-2)13(10(3)4)11(5)6/h8H,2-7H2,1H3. The van der Waals surface area contributed by atoms with Gasteiger partial charge in [0, 0.05) is 0 Å². The van der Waals surface area contributed by atoms with Crippen LogP contribution >= 0.6 is 96.8 Å². The van der Waals surface area contributed by atoms with E-state index < -0.39 is 0 Å². The van der Waals surface area contributed by atoms with E-state index in [4.69, 9.17) is 0 Å². The molecule has 0 aliphatic carbocycles. The molecule has 0 rings (SSSR count). The highest BCUT2D eigenvalue weighted by Crippen LogP contribution is 3.14. The van der Waals surface area contributed by atoms with E-state index in [1.54, 1.807) is 0 Å². The van der Waals surface area contributed by atoms with Crippen molar-refractivity contribution in [3.05, 3.63) is 0 Å². The van der Waals surface area contributed by atoms with Crippen molar-refractivity contribution in [3.8, 4) is 0 Å². The van der Waals surface area contributed by atoms with Crippen molar-refractivity contribution in [2.75, 3.05) is 6.66 Å². The Balaban J connectivity index is 4.36. The molecule has 0 aromatic carbocycles. The van der Waals surface area contributed by atoms with Gasteiger partial charge in [-0.05, 0) is 41.9 Å². The highest BCUT2D eigenvalue weighted by Gasteiger charge is 2.27. The van der Waals surface area contributed by atoms with Crippen molar-refractivity contribution in [1.82, 2.24) is 0 Å². The van der Waals surface area contributed by atoms with Crippen molar-refractivity contribution in [1.29, 1.82) is 0 Å². The average Bonchev–Trinajstić information content (AvgIpc) is 2.01. The minimum absolute atomic E-state index is 0.131. The lowest BCUT2D eigenvalue weighted by Gasteiger charge is -2.34. The van der Waals surface area contributed by atoms with Gasteiger partial charge in [-0.15, -0.1) is 53.6 Å². The quantitative estimate of drug-likeness (QED) is 0.436. The molecule has 0 heterocycles. The van der Waals surface area contributed by atoms with Gasteiger partial charge in [0.25, 0.3) is 0 Å². The van der Waals surface area contributed by atoms with E-state index in [-0.39, 0.29) is 35.2 Å². The average molecular weight is 400 g/mol. The van der Waals surface area contributed by atoms with E-state index in [9.17, 15) is 0 Å². The zero-order valence-corrected chi connectivity index (χ0v) is 19.6. The van der Waals surface area contributed by atoms with Crippen molar-refractivity contribution < 1.29 is 0 Å². The highest BCUT2D eigenvalue weighted by atomic mass is 33.2. The summed E-state index contributed by atoms with van der Waals surface area (Å²) in [7, 11) is 19.5. The summed E-state index contributed by atoms with van der Waals surface area (Å²) in [6, 6.07) is 0. The third-order valence-corrected chi connectivity index (χ3v) is 69.1. The molecule has 0 aliphatic heterocycles. The third kappa shape index (κ3) is 7.35. The fourth-order valence-electron chi connectivity index (χ4n) is 0.588. The summed E-state index contributed by atoms with van der Waals surface area (Å²) in [4.78, 5) is 0. The Bertz CT molecular complexity index is 121. The van der Waals surface area contributed by atoms with Crippen LogP contribution in [0.25, 0.3) is 0 Å². The largest absolute Gasteiger partial charge is 0.109 e. The molecule has 0 aromatic heterocycles. The van der Waals surface area contributed by atoms with Gasteiger partial charge in [-0.3, -0.25) is 0 Å². The maximum Gasteiger partial charge on any atom is -0.0105 e. The van der Waals surface area contributed by atoms with Crippen LogP contribution in [-0.4, -0.2) is 6.66 Å². The number of rotatable bonds is 5. The van der Waals surface area contributed by atoms with Crippen LogP contribution in [0.15, 0.2) is 0 Å². The molecule has 0 N–H and O–H groups in total. The molecule has 0 fully saturated rings. The van der Waals surface area contributed by atoms with Crippen LogP contribution in [0.2, 0.25) is 0 Å². The van der Waals surface area contributed by atoms with Crippen LogP contribution < -0.4 is 0 Å². The first-order chi connectivity index (χ1) is 5.91. The summed E-state index contributed by atoms with van der Waals surface area (Å²) in [5.74, 6) is 0. The van der Waals surface area contributed by atoms with Gasteiger partial charge in [-0.1, -0.05) is 7.96 Å². The summed E-state index contributed by atoms with van der Waals surface area (Å²) in [6.45, 7) is 3.27. The predicted molar refractivity (Wildman–Crippen MR) is 107 cm³/mol. The van der Waals surface area contributed by atoms with Crippen LogP contribution in [0.4, 0.5) is 0 Å². The maximum atomic E-state index is 3.09. The molecule has 0 radical (unpaired) electrons. The predicted octanol–water partition coefficient (Wildman–Crippen LogP) is 7.02. The first-order valence-corrected chi connectivity index (χ1v) is 24.8. The van der Waals surface area contributed by atoms with Gasteiger partial charge < -0.3 is 0 Å². The summed E-state index contributed by atoms with van der Waals surface area (Å²) in [6.07, 6.45) is 0. The molecule has 0 spiro atoms. The van der Waals surface area contributed by atoms with Crippen LogP contribution in [-0.2, 0) is 0 Å². The second-order valence-electron chi connectivity index (χ2n) is 1.99. The molecule has 0 saturated heterocycles. The molecule has 80 valence electrons. The molecule has 0 saturated carbocycles. The van der Waals surface area contributed by atoms with Crippen LogP contribution in [0, 0.1) is 0 Å². The Morgan fingerprint density at radius 1 is 0.923 bits per heavy atom. The molecule has 0 bridgehead atoms. The fraction of sp³-hybridized carbons (Fsp3) is 1.00. The molecular weight excluding hydrogens is 384 g/mol. The van der Waals surface area contributed by atoms with Crippen LogP contribution in [0.3, 0.4) is 0 Å². The second-order valence-corrected chi connectivity index (χ2v) is 46.6. The normalized spacial score (nSPS) is 18.0. The van der Waals surface area contributed by atoms with Crippen molar-refractivity contribution in [3.63, 3.8) is 0 Å². The van der Waals surface area contributed by atoms with E-state index in [1.807, 2.05) is 0 Å². The van der Waals surface area contributed by atoms with Gasteiger partial charge in [-0.2, -0.15) is 0 Å². The van der Waals surface area contributed by atoms with Crippen LogP contribution in [0.1, 0.15) is 0 Å². The summed E-state index contributed by atoms with van der Waals surface area (Å²) >= 11 is 0. The Kier molecular flexibility index (Phi) is 14.0. The van der Waals surface area contributed by atoms with E-state index in [0.29, 0.717) is 0 Å². The van der Waals surface area contributed by atoms with E-state index in [1.165, 1.54) is 0 Å². The summed E-state index contributed by atoms with van der Waals surface area (Å²) < 4.78 is 0. The maximum absolute atomic E-state index is 3.09. The second kappa shape index (κ2) is 10.0. The highest BCUT2D eigenvalue weighted by molar-refractivity contribution is 9.17. The Morgan fingerprint density at radius 2 is 1.31 bits per heavy atom. The summed E-state index contributed by atoms with van der Waals surface area (Å²) in [5, 5.41) is 0. The lowest BCUT2D eigenvalue weighted by Crippen LogP contribution is -1.52. The fourth-order valence-corrected chi connectivity index (χ4v) is 100. The molecule has 0 aromatic rings. The molecule has 0 nitrogen and oxygen atoms in total. The van der Waals surface area contributed by atoms with Crippen molar-refractivity contribution in [2.24, 2.45) is 0 Å². The zero-order valence-electron chi connectivity index (χ0n) is 7.20. The van der Waals surface area contributed by atoms with Crippen LogP contribution in [0.5, 0.6) is 0 Å². The zero-order chi connectivity index (χ0) is 10.6. The monoisotopic (exact) mass is 400 g/mol. The molecule has 13 heavy (non-hydrogen) atoms. The minimum atomic E-state index is 0.131. The molecule has 9 atom stereocenters. The first kappa shape index (κ1) is 18.2. The van der Waals surface area contributed by atoms with Gasteiger partial charge in [0.2, 0.25) is 0 Å². The summed E-state index contributed by atoms with van der Waals surface area (Å²) in [5.41, 5.74) is 0. The van der Waals surface area contributed by atoms with Crippen molar-refractivity contribution >= 4 is 96.8 Å².